The number of benzene rings is 1. The zero-order valence-corrected chi connectivity index (χ0v) is 18.5. The van der Waals surface area contributed by atoms with Crippen LogP contribution in [0.4, 0.5) is 5.69 Å². The molecule has 0 spiro atoms. The molecule has 1 aliphatic heterocycles. The molecular formula is C22H30N6OS+2. The van der Waals surface area contributed by atoms with Gasteiger partial charge in [0.25, 0.3) is 0 Å². The average Bonchev–Trinajstić information content (AvgIpc) is 3.08. The number of hydrogen-bond donors (Lipinski definition) is 1. The second-order valence-electron chi connectivity index (χ2n) is 7.77. The van der Waals surface area contributed by atoms with E-state index in [9.17, 15) is 0 Å². The number of ether oxygens (including phenoxy) is 1. The monoisotopic (exact) mass is 426 g/mol. The summed E-state index contributed by atoms with van der Waals surface area (Å²) in [6.07, 6.45) is 3.96. The van der Waals surface area contributed by atoms with Crippen molar-refractivity contribution >= 4 is 17.9 Å². The summed E-state index contributed by atoms with van der Waals surface area (Å²) in [6, 6.07) is 12.7. The molecule has 3 heterocycles. The smallest absolute Gasteiger partial charge is 0.203 e. The molecule has 0 atom stereocenters. The Hall–Kier alpha value is -2.55. The van der Waals surface area contributed by atoms with Crippen molar-refractivity contribution in [3.05, 3.63) is 59.1 Å². The Bertz CT molecular complexity index is 1020. The first-order valence-corrected chi connectivity index (χ1v) is 10.8. The zero-order valence-electron chi connectivity index (χ0n) is 17.7. The Morgan fingerprint density at radius 2 is 1.93 bits per heavy atom. The Morgan fingerprint density at radius 3 is 2.63 bits per heavy atom. The molecular weight excluding hydrogens is 396 g/mol. The van der Waals surface area contributed by atoms with Crippen LogP contribution in [-0.2, 0) is 18.0 Å². The van der Waals surface area contributed by atoms with Crippen LogP contribution in [0.15, 0.2) is 48.8 Å². The number of hydrogen-bond acceptors (Lipinski definition) is 4. The van der Waals surface area contributed by atoms with Crippen LogP contribution in [0.1, 0.15) is 5.56 Å². The number of methoxy groups -OCH3 is 1. The Balaban J connectivity index is 1.51. The van der Waals surface area contributed by atoms with E-state index in [-0.39, 0.29) is 0 Å². The maximum absolute atomic E-state index is 5.81. The van der Waals surface area contributed by atoms with Crippen LogP contribution < -0.4 is 14.8 Å². The molecule has 1 aromatic carbocycles. The van der Waals surface area contributed by atoms with E-state index >= 15 is 0 Å². The minimum Gasteiger partial charge on any atom is -0.383 e. The first-order valence-electron chi connectivity index (χ1n) is 10.4. The van der Waals surface area contributed by atoms with Gasteiger partial charge in [0.05, 0.1) is 39.3 Å². The van der Waals surface area contributed by atoms with Crippen molar-refractivity contribution in [1.29, 1.82) is 0 Å². The molecule has 0 unspecified atom stereocenters. The number of aromatic amines is 1. The molecule has 3 aromatic rings. The quantitative estimate of drug-likeness (QED) is 0.577. The second-order valence-corrected chi connectivity index (χ2v) is 8.14. The lowest BCUT2D eigenvalue weighted by Gasteiger charge is -2.33. The van der Waals surface area contributed by atoms with Gasteiger partial charge in [-0.25, -0.2) is 4.98 Å². The molecule has 1 saturated heterocycles. The van der Waals surface area contributed by atoms with E-state index in [1.807, 2.05) is 17.1 Å². The summed E-state index contributed by atoms with van der Waals surface area (Å²) in [7, 11) is 1.72. The molecule has 7 nitrogen and oxygen atoms in total. The van der Waals surface area contributed by atoms with Gasteiger partial charge in [-0.2, -0.15) is 4.68 Å². The maximum Gasteiger partial charge on any atom is 0.203 e. The molecule has 1 aliphatic rings. The minimum atomic E-state index is 0.610. The van der Waals surface area contributed by atoms with E-state index in [0.29, 0.717) is 13.2 Å². The summed E-state index contributed by atoms with van der Waals surface area (Å²) in [4.78, 5) is 7.03. The second kappa shape index (κ2) is 9.51. The number of rotatable bonds is 7. The number of aryl methyl sites for hydroxylation is 1. The van der Waals surface area contributed by atoms with Gasteiger partial charge in [0.15, 0.2) is 24.9 Å². The van der Waals surface area contributed by atoms with Crippen LogP contribution in [0, 0.1) is 11.7 Å². The molecule has 30 heavy (non-hydrogen) atoms. The minimum absolute atomic E-state index is 0.610. The van der Waals surface area contributed by atoms with Crippen LogP contribution in [0.3, 0.4) is 0 Å². The summed E-state index contributed by atoms with van der Waals surface area (Å²) >= 11 is 5.81. The highest BCUT2D eigenvalue weighted by molar-refractivity contribution is 7.71. The van der Waals surface area contributed by atoms with Crippen LogP contribution in [0.25, 0.3) is 11.4 Å². The third-order valence-electron chi connectivity index (χ3n) is 5.63. The Kier molecular flexibility index (Phi) is 6.56. The van der Waals surface area contributed by atoms with Crippen molar-refractivity contribution in [1.82, 2.24) is 14.3 Å². The van der Waals surface area contributed by atoms with Gasteiger partial charge in [0.1, 0.15) is 0 Å². The van der Waals surface area contributed by atoms with Crippen molar-refractivity contribution in [3.8, 4) is 11.4 Å². The zero-order chi connectivity index (χ0) is 20.9. The highest BCUT2D eigenvalue weighted by Crippen LogP contribution is 2.19. The number of anilines is 1. The fourth-order valence-corrected chi connectivity index (χ4v) is 4.25. The van der Waals surface area contributed by atoms with Gasteiger partial charge in [0, 0.05) is 30.5 Å². The Labute approximate surface area is 182 Å². The van der Waals surface area contributed by atoms with E-state index in [0.717, 1.165) is 49.0 Å². The predicted octanol–water partition coefficient (Wildman–Crippen LogP) is 1.21. The molecule has 2 aromatic heterocycles. The number of quaternary nitrogens is 1. The highest BCUT2D eigenvalue weighted by atomic mass is 32.1. The molecule has 1 fully saturated rings. The van der Waals surface area contributed by atoms with Crippen LogP contribution in [0.5, 0.6) is 0 Å². The van der Waals surface area contributed by atoms with E-state index in [4.69, 9.17) is 22.1 Å². The van der Waals surface area contributed by atoms with Gasteiger partial charge in [-0.15, -0.1) is 5.10 Å². The maximum atomic E-state index is 5.81. The predicted molar refractivity (Wildman–Crippen MR) is 119 cm³/mol. The molecule has 0 bridgehead atoms. The summed E-state index contributed by atoms with van der Waals surface area (Å²) in [5.74, 6) is 0.916. The number of aromatic nitrogens is 4. The van der Waals surface area contributed by atoms with Gasteiger partial charge in [-0.3, -0.25) is 4.57 Å². The van der Waals surface area contributed by atoms with Crippen molar-refractivity contribution in [2.75, 3.05) is 44.8 Å². The molecule has 8 heteroatoms. The largest absolute Gasteiger partial charge is 0.383 e. The van der Waals surface area contributed by atoms with E-state index in [1.54, 1.807) is 7.11 Å². The SMILES string of the molecule is COCCn1c(-c2cccc(C)c2)nn(C[NH+]2CCN(c3cc[nH+]cc3)CC2)c1=S. The van der Waals surface area contributed by atoms with Gasteiger partial charge in [0.2, 0.25) is 4.77 Å². The molecule has 0 saturated carbocycles. The lowest BCUT2D eigenvalue weighted by molar-refractivity contribution is -0.924. The molecule has 0 aliphatic carbocycles. The van der Waals surface area contributed by atoms with Gasteiger partial charge >= 0.3 is 0 Å². The first-order chi connectivity index (χ1) is 14.7. The van der Waals surface area contributed by atoms with Gasteiger partial charge < -0.3 is 14.5 Å². The lowest BCUT2D eigenvalue weighted by Crippen LogP contribution is -3.14. The van der Waals surface area contributed by atoms with Crippen LogP contribution >= 0.6 is 12.2 Å². The van der Waals surface area contributed by atoms with Gasteiger partial charge in [-0.05, 0) is 25.2 Å². The van der Waals surface area contributed by atoms with Crippen LogP contribution in [0.2, 0.25) is 0 Å². The topological polar surface area (TPSA) is 53.8 Å². The molecule has 2 N–H and O–H groups in total. The molecule has 0 radical (unpaired) electrons. The van der Waals surface area contributed by atoms with Crippen molar-refractivity contribution in [2.45, 2.75) is 20.1 Å². The van der Waals surface area contributed by atoms with Crippen molar-refractivity contribution in [3.63, 3.8) is 0 Å². The Morgan fingerprint density at radius 1 is 1.17 bits per heavy atom. The fourth-order valence-electron chi connectivity index (χ4n) is 3.97. The standard InChI is InChI=1S/C22H28N6OS/c1-18-4-3-5-19(16-18)21-24-28(22(30)27(21)14-15-29-2)17-25-10-12-26(13-11-25)20-6-8-23-9-7-20/h3-9,16H,10-15,17H2,1-2H3/p+2. The van der Waals surface area contributed by atoms with Gasteiger partial charge in [-0.1, -0.05) is 23.8 Å². The molecule has 158 valence electrons. The van der Waals surface area contributed by atoms with Crippen molar-refractivity contribution in [2.24, 2.45) is 0 Å². The normalized spacial score (nSPS) is 14.9. The third-order valence-corrected chi connectivity index (χ3v) is 6.06. The first kappa shape index (κ1) is 20.7. The van der Waals surface area contributed by atoms with E-state index < -0.39 is 0 Å². The summed E-state index contributed by atoms with van der Waals surface area (Å²) < 4.78 is 10.2. The van der Waals surface area contributed by atoms with E-state index in [1.165, 1.54) is 16.2 Å². The number of H-pyrrole nitrogens is 1. The summed E-state index contributed by atoms with van der Waals surface area (Å²) in [5, 5.41) is 4.93. The number of piperazine rings is 1. The number of nitrogens with one attached hydrogen (secondary N) is 2. The molecule has 0 amide bonds. The fraction of sp³-hybridized carbons (Fsp3) is 0.409. The summed E-state index contributed by atoms with van der Waals surface area (Å²) in [6.45, 7) is 8.38. The highest BCUT2D eigenvalue weighted by Gasteiger charge is 2.22. The molecule has 4 rings (SSSR count). The lowest BCUT2D eigenvalue weighted by atomic mass is 10.1. The van der Waals surface area contributed by atoms with Crippen molar-refractivity contribution < 1.29 is 14.6 Å². The number of nitrogens with zero attached hydrogens (tertiary/aromatic N) is 4. The third kappa shape index (κ3) is 4.61. The number of pyridine rings is 1. The average molecular weight is 427 g/mol. The van der Waals surface area contributed by atoms with Crippen LogP contribution in [-0.4, -0.2) is 54.2 Å². The summed E-state index contributed by atoms with van der Waals surface area (Å²) in [5.41, 5.74) is 3.58. The van der Waals surface area contributed by atoms with E-state index in [2.05, 4.69) is 57.8 Å².